The van der Waals surface area contributed by atoms with Gasteiger partial charge < -0.3 is 14.7 Å². The van der Waals surface area contributed by atoms with E-state index >= 15 is 0 Å². The largest absolute Gasteiger partial charge is 0.393 e. The van der Waals surface area contributed by atoms with Crippen LogP contribution >= 0.6 is 0 Å². The average Bonchev–Trinajstić information content (AvgIpc) is 3.03. The van der Waals surface area contributed by atoms with Crippen molar-refractivity contribution < 1.29 is 14.2 Å². The fourth-order valence-corrected chi connectivity index (χ4v) is 4.01. The molecule has 3 atom stereocenters. The lowest BCUT2D eigenvalue weighted by Gasteiger charge is -2.38. The summed E-state index contributed by atoms with van der Waals surface area (Å²) in [4.78, 5) is 6.64. The predicted octanol–water partition coefficient (Wildman–Crippen LogP) is 2.74. The van der Waals surface area contributed by atoms with Crippen molar-refractivity contribution in [3.63, 3.8) is 0 Å². The van der Waals surface area contributed by atoms with Crippen molar-refractivity contribution >= 4 is 16.6 Å². The zero-order valence-corrected chi connectivity index (χ0v) is 13.0. The Balaban J connectivity index is 1.71. The Labute approximate surface area is 134 Å². The molecule has 0 unspecified atom stereocenters. The van der Waals surface area contributed by atoms with Gasteiger partial charge in [-0.25, -0.2) is 4.39 Å². The zero-order valence-electron chi connectivity index (χ0n) is 13.0. The SMILES string of the molecule is O[C@@H]1CCOC[C@H]1[C@H]1CCCN1c1ccnc2cc(F)ccc12. The lowest BCUT2D eigenvalue weighted by molar-refractivity contribution is -0.0437. The second-order valence-electron chi connectivity index (χ2n) is 6.49. The van der Waals surface area contributed by atoms with Gasteiger partial charge >= 0.3 is 0 Å². The van der Waals surface area contributed by atoms with Crippen molar-refractivity contribution in [3.05, 3.63) is 36.3 Å². The van der Waals surface area contributed by atoms with Gasteiger partial charge in [-0.2, -0.15) is 0 Å². The van der Waals surface area contributed by atoms with Gasteiger partial charge in [-0.15, -0.1) is 0 Å². The van der Waals surface area contributed by atoms with Crippen LogP contribution in [0, 0.1) is 11.7 Å². The van der Waals surface area contributed by atoms with Crippen LogP contribution in [0.1, 0.15) is 19.3 Å². The molecular weight excluding hydrogens is 295 g/mol. The van der Waals surface area contributed by atoms with Gasteiger partial charge in [0, 0.05) is 48.4 Å². The Morgan fingerprint density at radius 2 is 2.17 bits per heavy atom. The molecule has 23 heavy (non-hydrogen) atoms. The third-order valence-corrected chi connectivity index (χ3v) is 5.15. The van der Waals surface area contributed by atoms with Gasteiger partial charge in [0.05, 0.1) is 18.2 Å². The number of aliphatic hydroxyl groups is 1. The summed E-state index contributed by atoms with van der Waals surface area (Å²) in [5.41, 5.74) is 1.75. The zero-order chi connectivity index (χ0) is 15.8. The number of halogens is 1. The molecule has 0 saturated carbocycles. The number of anilines is 1. The van der Waals surface area contributed by atoms with Gasteiger partial charge in [0.25, 0.3) is 0 Å². The van der Waals surface area contributed by atoms with Crippen molar-refractivity contribution in [3.8, 4) is 0 Å². The Morgan fingerprint density at radius 1 is 1.26 bits per heavy atom. The monoisotopic (exact) mass is 316 g/mol. The standard InChI is InChI=1S/C18H21FN2O2/c19-12-3-4-13-15(10-12)20-7-5-17(13)21-8-1-2-16(21)14-11-23-9-6-18(14)22/h3-5,7,10,14,16,18,22H,1-2,6,8-9,11H2/t14-,16+,18+/m0/s1. The summed E-state index contributed by atoms with van der Waals surface area (Å²) in [6.07, 6.45) is 4.28. The molecule has 0 spiro atoms. The molecule has 2 aliphatic heterocycles. The van der Waals surface area contributed by atoms with E-state index in [0.29, 0.717) is 25.2 Å². The maximum Gasteiger partial charge on any atom is 0.125 e. The first kappa shape index (κ1) is 14.8. The Bertz CT molecular complexity index is 708. The van der Waals surface area contributed by atoms with Gasteiger partial charge in [0.2, 0.25) is 0 Å². The molecule has 4 rings (SSSR count). The van der Waals surface area contributed by atoms with Crippen LogP contribution in [0.5, 0.6) is 0 Å². The van der Waals surface area contributed by atoms with Crippen LogP contribution in [-0.2, 0) is 4.74 Å². The Hall–Kier alpha value is -1.72. The highest BCUT2D eigenvalue weighted by Crippen LogP contribution is 2.36. The number of pyridine rings is 1. The van der Waals surface area contributed by atoms with Crippen LogP contribution < -0.4 is 4.90 Å². The number of hydrogen-bond donors (Lipinski definition) is 1. The molecule has 1 N–H and O–H groups in total. The summed E-state index contributed by atoms with van der Waals surface area (Å²) in [6.45, 7) is 2.20. The maximum absolute atomic E-state index is 13.5. The van der Waals surface area contributed by atoms with Gasteiger partial charge in [-0.3, -0.25) is 4.98 Å². The van der Waals surface area contributed by atoms with E-state index in [1.807, 2.05) is 6.07 Å². The minimum absolute atomic E-state index is 0.134. The van der Waals surface area contributed by atoms with E-state index in [-0.39, 0.29) is 23.9 Å². The second kappa shape index (κ2) is 6.06. The molecule has 4 nitrogen and oxygen atoms in total. The molecule has 0 amide bonds. The van der Waals surface area contributed by atoms with Crippen molar-refractivity contribution in [1.29, 1.82) is 0 Å². The normalized spacial score (nSPS) is 28.4. The minimum Gasteiger partial charge on any atom is -0.393 e. The number of aliphatic hydroxyl groups excluding tert-OH is 1. The lowest BCUT2D eigenvalue weighted by Crippen LogP contribution is -2.46. The number of rotatable bonds is 2. The number of nitrogens with zero attached hydrogens (tertiary/aromatic N) is 2. The van der Waals surface area contributed by atoms with E-state index in [9.17, 15) is 9.50 Å². The van der Waals surface area contributed by atoms with E-state index < -0.39 is 0 Å². The van der Waals surface area contributed by atoms with Crippen molar-refractivity contribution in [2.75, 3.05) is 24.7 Å². The highest BCUT2D eigenvalue weighted by atomic mass is 19.1. The lowest BCUT2D eigenvalue weighted by atomic mass is 9.89. The average molecular weight is 316 g/mol. The molecule has 1 aromatic carbocycles. The quantitative estimate of drug-likeness (QED) is 0.925. The number of hydrogen-bond acceptors (Lipinski definition) is 4. The first-order valence-corrected chi connectivity index (χ1v) is 8.31. The van der Waals surface area contributed by atoms with Crippen LogP contribution in [0.3, 0.4) is 0 Å². The maximum atomic E-state index is 13.5. The number of fused-ring (bicyclic) bond motifs is 1. The van der Waals surface area contributed by atoms with E-state index in [1.165, 1.54) is 12.1 Å². The molecule has 2 aromatic rings. The first-order chi connectivity index (χ1) is 11.2. The molecule has 122 valence electrons. The van der Waals surface area contributed by atoms with Gasteiger partial charge in [-0.05, 0) is 37.5 Å². The molecule has 0 aliphatic carbocycles. The van der Waals surface area contributed by atoms with Gasteiger partial charge in [0.1, 0.15) is 5.82 Å². The van der Waals surface area contributed by atoms with Crippen LogP contribution in [0.25, 0.3) is 10.9 Å². The van der Waals surface area contributed by atoms with Crippen LogP contribution in [0.2, 0.25) is 0 Å². The molecule has 1 aromatic heterocycles. The number of benzene rings is 1. The van der Waals surface area contributed by atoms with Crippen molar-refractivity contribution in [2.45, 2.75) is 31.4 Å². The summed E-state index contributed by atoms with van der Waals surface area (Å²) in [5.74, 6) is -0.133. The Morgan fingerprint density at radius 3 is 3.04 bits per heavy atom. The van der Waals surface area contributed by atoms with E-state index in [2.05, 4.69) is 9.88 Å². The predicted molar refractivity (Wildman–Crippen MR) is 87.0 cm³/mol. The fraction of sp³-hybridized carbons (Fsp3) is 0.500. The smallest absolute Gasteiger partial charge is 0.125 e. The first-order valence-electron chi connectivity index (χ1n) is 8.31. The van der Waals surface area contributed by atoms with Gasteiger partial charge in [0.15, 0.2) is 0 Å². The molecule has 5 heteroatoms. The molecule has 0 radical (unpaired) electrons. The molecule has 2 saturated heterocycles. The summed E-state index contributed by atoms with van der Waals surface area (Å²) < 4.78 is 19.1. The van der Waals surface area contributed by atoms with Crippen LogP contribution in [-0.4, -0.2) is 42.0 Å². The second-order valence-corrected chi connectivity index (χ2v) is 6.49. The topological polar surface area (TPSA) is 45.6 Å². The minimum atomic E-state index is -0.306. The van der Waals surface area contributed by atoms with Crippen LogP contribution in [0.15, 0.2) is 30.5 Å². The van der Waals surface area contributed by atoms with Crippen molar-refractivity contribution in [1.82, 2.24) is 4.98 Å². The van der Waals surface area contributed by atoms with E-state index in [1.54, 1.807) is 12.3 Å². The molecule has 2 fully saturated rings. The molecule has 0 bridgehead atoms. The third kappa shape index (κ3) is 2.68. The summed E-state index contributed by atoms with van der Waals surface area (Å²) in [5, 5.41) is 11.3. The van der Waals surface area contributed by atoms with Crippen molar-refractivity contribution in [2.24, 2.45) is 5.92 Å². The summed E-state index contributed by atoms with van der Waals surface area (Å²) in [7, 11) is 0. The fourth-order valence-electron chi connectivity index (χ4n) is 4.01. The third-order valence-electron chi connectivity index (χ3n) is 5.15. The summed E-state index contributed by atoms with van der Waals surface area (Å²) >= 11 is 0. The summed E-state index contributed by atoms with van der Waals surface area (Å²) in [6, 6.07) is 7.02. The van der Waals surface area contributed by atoms with E-state index in [0.717, 1.165) is 30.5 Å². The number of aromatic nitrogens is 1. The molecular formula is C18H21FN2O2. The molecule has 3 heterocycles. The number of ether oxygens (including phenoxy) is 1. The van der Waals surface area contributed by atoms with Gasteiger partial charge in [-0.1, -0.05) is 0 Å². The van der Waals surface area contributed by atoms with E-state index in [4.69, 9.17) is 4.74 Å². The Kier molecular flexibility index (Phi) is 3.91. The molecule has 2 aliphatic rings. The highest BCUT2D eigenvalue weighted by molar-refractivity contribution is 5.91. The highest BCUT2D eigenvalue weighted by Gasteiger charge is 2.38. The van der Waals surface area contributed by atoms with Crippen LogP contribution in [0.4, 0.5) is 10.1 Å².